The van der Waals surface area contributed by atoms with E-state index in [1.165, 1.54) is 25.8 Å². The molecule has 0 aliphatic heterocycles. The van der Waals surface area contributed by atoms with Gasteiger partial charge in [0, 0.05) is 6.04 Å². The Labute approximate surface area is 124 Å². The molecule has 0 aromatic carbocycles. The van der Waals surface area contributed by atoms with Gasteiger partial charge in [0.2, 0.25) is 0 Å². The third kappa shape index (κ3) is 5.41. The maximum Gasteiger partial charge on any atom is 0.326 e. The molecular formula is C16H32N2O2. The molecule has 4 nitrogen and oxygen atoms in total. The highest BCUT2D eigenvalue weighted by Gasteiger charge is 2.34. The minimum Gasteiger partial charge on any atom is -0.465 e. The second-order valence-electron chi connectivity index (χ2n) is 5.95. The molecule has 1 aliphatic carbocycles. The van der Waals surface area contributed by atoms with Crippen LogP contribution >= 0.6 is 0 Å². The second kappa shape index (κ2) is 8.63. The van der Waals surface area contributed by atoms with Crippen molar-refractivity contribution in [3.8, 4) is 0 Å². The van der Waals surface area contributed by atoms with Crippen LogP contribution in [0.4, 0.5) is 0 Å². The zero-order valence-electron chi connectivity index (χ0n) is 13.7. The molecule has 0 radical (unpaired) electrons. The molecule has 0 spiro atoms. The molecule has 1 aliphatic rings. The van der Waals surface area contributed by atoms with Crippen LogP contribution in [0.25, 0.3) is 0 Å². The SMILES string of the molecule is CCCN(CCCC(C)(NCC)C(=O)OCC)C1CC1. The largest absolute Gasteiger partial charge is 0.465 e. The maximum atomic E-state index is 12.1. The van der Waals surface area contributed by atoms with Crippen LogP contribution < -0.4 is 5.32 Å². The molecule has 0 heterocycles. The van der Waals surface area contributed by atoms with E-state index in [0.717, 1.165) is 32.0 Å². The fourth-order valence-corrected chi connectivity index (χ4v) is 2.78. The number of rotatable bonds is 11. The third-order valence-electron chi connectivity index (χ3n) is 3.99. The monoisotopic (exact) mass is 284 g/mol. The predicted molar refractivity (Wildman–Crippen MR) is 82.8 cm³/mol. The summed E-state index contributed by atoms with van der Waals surface area (Å²) in [5.74, 6) is -0.115. The first-order valence-corrected chi connectivity index (χ1v) is 8.23. The number of carbonyl (C=O) groups excluding carboxylic acids is 1. The van der Waals surface area contributed by atoms with Crippen molar-refractivity contribution < 1.29 is 9.53 Å². The van der Waals surface area contributed by atoms with Crippen molar-refractivity contribution in [2.45, 2.75) is 71.4 Å². The Bertz CT molecular complexity index is 292. The van der Waals surface area contributed by atoms with E-state index in [4.69, 9.17) is 4.74 Å². The van der Waals surface area contributed by atoms with Crippen molar-refractivity contribution in [2.75, 3.05) is 26.2 Å². The van der Waals surface area contributed by atoms with E-state index in [9.17, 15) is 4.79 Å². The third-order valence-corrected chi connectivity index (χ3v) is 3.99. The molecule has 1 fully saturated rings. The van der Waals surface area contributed by atoms with E-state index in [0.29, 0.717) is 6.61 Å². The van der Waals surface area contributed by atoms with Gasteiger partial charge in [-0.05, 0) is 65.6 Å². The van der Waals surface area contributed by atoms with Crippen LogP contribution in [-0.4, -0.2) is 48.7 Å². The molecule has 1 atom stereocenters. The first kappa shape index (κ1) is 17.4. The van der Waals surface area contributed by atoms with E-state index in [1.54, 1.807) is 0 Å². The molecule has 0 aromatic rings. The van der Waals surface area contributed by atoms with Gasteiger partial charge in [-0.1, -0.05) is 13.8 Å². The summed E-state index contributed by atoms with van der Waals surface area (Å²) in [6.45, 7) is 11.6. The van der Waals surface area contributed by atoms with Crippen LogP contribution in [0.1, 0.15) is 59.8 Å². The van der Waals surface area contributed by atoms with Gasteiger partial charge in [-0.3, -0.25) is 4.79 Å². The van der Waals surface area contributed by atoms with Crippen molar-refractivity contribution in [2.24, 2.45) is 0 Å². The summed E-state index contributed by atoms with van der Waals surface area (Å²) >= 11 is 0. The Hall–Kier alpha value is -0.610. The molecule has 0 bridgehead atoms. The lowest BCUT2D eigenvalue weighted by Gasteiger charge is -2.29. The van der Waals surface area contributed by atoms with Gasteiger partial charge in [0.1, 0.15) is 5.54 Å². The number of likely N-dealkylation sites (N-methyl/N-ethyl adjacent to an activating group) is 1. The van der Waals surface area contributed by atoms with Crippen LogP contribution in [0.15, 0.2) is 0 Å². The Morgan fingerprint density at radius 1 is 1.30 bits per heavy atom. The highest BCUT2D eigenvalue weighted by molar-refractivity contribution is 5.80. The Balaban J connectivity index is 2.42. The number of esters is 1. The standard InChI is InChI=1S/C16H32N2O2/c1-5-12-18(14-9-10-14)13-8-11-16(4,17-6-2)15(19)20-7-3/h14,17H,5-13H2,1-4H3. The van der Waals surface area contributed by atoms with Crippen LogP contribution in [0, 0.1) is 0 Å². The number of nitrogens with zero attached hydrogens (tertiary/aromatic N) is 1. The second-order valence-corrected chi connectivity index (χ2v) is 5.95. The summed E-state index contributed by atoms with van der Waals surface area (Å²) in [4.78, 5) is 14.7. The average molecular weight is 284 g/mol. The zero-order chi connectivity index (χ0) is 15.0. The molecule has 1 unspecified atom stereocenters. The normalized spacial score (nSPS) is 18.1. The molecule has 0 saturated heterocycles. The topological polar surface area (TPSA) is 41.6 Å². The van der Waals surface area contributed by atoms with E-state index in [1.807, 2.05) is 20.8 Å². The highest BCUT2D eigenvalue weighted by atomic mass is 16.5. The lowest BCUT2D eigenvalue weighted by Crippen LogP contribution is -2.50. The van der Waals surface area contributed by atoms with Gasteiger partial charge in [-0.15, -0.1) is 0 Å². The summed E-state index contributed by atoms with van der Waals surface area (Å²) < 4.78 is 5.21. The van der Waals surface area contributed by atoms with Crippen LogP contribution in [-0.2, 0) is 9.53 Å². The van der Waals surface area contributed by atoms with E-state index < -0.39 is 5.54 Å². The zero-order valence-corrected chi connectivity index (χ0v) is 13.7. The minimum absolute atomic E-state index is 0.115. The van der Waals surface area contributed by atoms with Crippen molar-refractivity contribution in [3.05, 3.63) is 0 Å². The van der Waals surface area contributed by atoms with Gasteiger partial charge >= 0.3 is 5.97 Å². The molecule has 1 N–H and O–H groups in total. The number of hydrogen-bond acceptors (Lipinski definition) is 4. The number of carbonyl (C=O) groups is 1. The first-order chi connectivity index (χ1) is 9.57. The fraction of sp³-hybridized carbons (Fsp3) is 0.938. The lowest BCUT2D eigenvalue weighted by atomic mass is 9.95. The molecule has 118 valence electrons. The number of hydrogen-bond donors (Lipinski definition) is 1. The van der Waals surface area contributed by atoms with E-state index >= 15 is 0 Å². The average Bonchev–Trinajstić information content (AvgIpc) is 3.22. The fourth-order valence-electron chi connectivity index (χ4n) is 2.78. The van der Waals surface area contributed by atoms with Crippen molar-refractivity contribution in [1.29, 1.82) is 0 Å². The molecule has 1 saturated carbocycles. The van der Waals surface area contributed by atoms with E-state index in [2.05, 4.69) is 17.1 Å². The van der Waals surface area contributed by atoms with Crippen LogP contribution in [0.5, 0.6) is 0 Å². The molecule has 0 amide bonds. The molecule has 0 aromatic heterocycles. The van der Waals surface area contributed by atoms with Gasteiger partial charge in [-0.2, -0.15) is 0 Å². The molecular weight excluding hydrogens is 252 g/mol. The molecule has 4 heteroatoms. The van der Waals surface area contributed by atoms with Crippen LogP contribution in [0.3, 0.4) is 0 Å². The van der Waals surface area contributed by atoms with Gasteiger partial charge in [0.15, 0.2) is 0 Å². The Morgan fingerprint density at radius 3 is 2.50 bits per heavy atom. The summed E-state index contributed by atoms with van der Waals surface area (Å²) in [6, 6.07) is 0.808. The number of ether oxygens (including phenoxy) is 1. The number of nitrogens with one attached hydrogen (secondary N) is 1. The first-order valence-electron chi connectivity index (χ1n) is 8.23. The lowest BCUT2D eigenvalue weighted by molar-refractivity contribution is -0.150. The summed E-state index contributed by atoms with van der Waals surface area (Å²) in [5.41, 5.74) is -0.536. The minimum atomic E-state index is -0.536. The summed E-state index contributed by atoms with van der Waals surface area (Å²) in [6.07, 6.45) is 5.79. The summed E-state index contributed by atoms with van der Waals surface area (Å²) in [5, 5.41) is 3.30. The van der Waals surface area contributed by atoms with Crippen molar-refractivity contribution in [3.63, 3.8) is 0 Å². The van der Waals surface area contributed by atoms with Crippen molar-refractivity contribution >= 4 is 5.97 Å². The Morgan fingerprint density at radius 2 is 2.00 bits per heavy atom. The highest BCUT2D eigenvalue weighted by Crippen LogP contribution is 2.27. The maximum absolute atomic E-state index is 12.1. The van der Waals surface area contributed by atoms with E-state index in [-0.39, 0.29) is 5.97 Å². The van der Waals surface area contributed by atoms with Gasteiger partial charge in [0.25, 0.3) is 0 Å². The van der Waals surface area contributed by atoms with Gasteiger partial charge in [0.05, 0.1) is 6.61 Å². The smallest absolute Gasteiger partial charge is 0.326 e. The van der Waals surface area contributed by atoms with Crippen molar-refractivity contribution in [1.82, 2.24) is 10.2 Å². The quantitative estimate of drug-likeness (QED) is 0.592. The summed E-state index contributed by atoms with van der Waals surface area (Å²) in [7, 11) is 0. The molecule has 20 heavy (non-hydrogen) atoms. The molecule has 1 rings (SSSR count). The Kier molecular flexibility index (Phi) is 7.52. The van der Waals surface area contributed by atoms with Gasteiger partial charge < -0.3 is 15.0 Å². The van der Waals surface area contributed by atoms with Gasteiger partial charge in [-0.25, -0.2) is 0 Å². The predicted octanol–water partition coefficient (Wildman–Crippen LogP) is 2.57. The van der Waals surface area contributed by atoms with Crippen LogP contribution in [0.2, 0.25) is 0 Å².